The van der Waals surface area contributed by atoms with Gasteiger partial charge >= 0.3 is 0 Å². The van der Waals surface area contributed by atoms with Crippen LogP contribution < -0.4 is 0 Å². The molecule has 0 unspecified atom stereocenters. The summed E-state index contributed by atoms with van der Waals surface area (Å²) in [4.78, 5) is 0. The molecule has 4 aromatic rings. The average molecular weight is 569 g/mol. The zero-order valence-corrected chi connectivity index (χ0v) is 28.5. The summed E-state index contributed by atoms with van der Waals surface area (Å²) in [6.07, 6.45) is 0. The Labute approximate surface area is 258 Å². The van der Waals surface area contributed by atoms with Crippen LogP contribution in [0.15, 0.2) is 97.1 Å². The van der Waals surface area contributed by atoms with E-state index in [0.717, 1.165) is 5.56 Å². The zero-order chi connectivity index (χ0) is 31.8. The van der Waals surface area contributed by atoms with Crippen LogP contribution in [0.5, 0.6) is 0 Å². The van der Waals surface area contributed by atoms with E-state index in [1.165, 1.54) is 39.4 Å². The van der Waals surface area contributed by atoms with Crippen LogP contribution in [-0.4, -0.2) is 0 Å². The number of benzene rings is 4. The summed E-state index contributed by atoms with van der Waals surface area (Å²) in [6.45, 7) is 26.2. The number of rotatable bonds is 5. The molecule has 4 rings (SSSR count). The van der Waals surface area contributed by atoms with Crippen molar-refractivity contribution in [1.29, 1.82) is 0 Å². The third-order valence-electron chi connectivity index (χ3n) is 7.18. The first-order chi connectivity index (χ1) is 19.7. The minimum Gasteiger partial charge on any atom is -0.207 e. The minimum absolute atomic E-state index is 0.147. The predicted molar refractivity (Wildman–Crippen MR) is 186 cm³/mol. The third kappa shape index (κ3) is 14.6. The predicted octanol–water partition coefficient (Wildman–Crippen LogP) is 13.1. The highest BCUT2D eigenvalue weighted by atomic mass is 19.1. The molecule has 0 atom stereocenters. The Bertz CT molecular complexity index is 1150. The van der Waals surface area contributed by atoms with E-state index in [1.807, 2.05) is 6.07 Å². The molecule has 0 spiro atoms. The number of halogens is 1. The molecule has 0 saturated heterocycles. The lowest BCUT2D eigenvalue weighted by molar-refractivity contribution is 0.623. The maximum atomic E-state index is 12.5. The first-order valence-electron chi connectivity index (χ1n) is 15.7. The van der Waals surface area contributed by atoms with E-state index < -0.39 is 0 Å². The Kier molecular flexibility index (Phi) is 16.7. The van der Waals surface area contributed by atoms with Gasteiger partial charge in [-0.1, -0.05) is 165 Å². The molecule has 0 heterocycles. The van der Waals surface area contributed by atoms with Gasteiger partial charge in [0.05, 0.1) is 0 Å². The number of hydrogen-bond donors (Lipinski definition) is 0. The molecule has 1 heteroatoms. The molecule has 0 aliphatic rings. The summed E-state index contributed by atoms with van der Waals surface area (Å²) in [7, 11) is 0. The van der Waals surface area contributed by atoms with Gasteiger partial charge < -0.3 is 0 Å². The Morgan fingerprint density at radius 2 is 0.619 bits per heavy atom. The van der Waals surface area contributed by atoms with Crippen molar-refractivity contribution in [3.05, 3.63) is 142 Å². The fourth-order valence-electron chi connectivity index (χ4n) is 4.20. The molecule has 0 aromatic heterocycles. The van der Waals surface area contributed by atoms with Gasteiger partial charge in [0.1, 0.15) is 5.82 Å². The smallest absolute Gasteiger partial charge is 0.123 e. The second kappa shape index (κ2) is 19.1. The van der Waals surface area contributed by atoms with Crippen LogP contribution in [0.3, 0.4) is 0 Å². The third-order valence-corrected chi connectivity index (χ3v) is 7.18. The second-order valence-electron chi connectivity index (χ2n) is 12.8. The van der Waals surface area contributed by atoms with E-state index >= 15 is 0 Å². The molecule has 0 N–H and O–H groups in total. The fraction of sp³-hybridized carbons (Fsp3) is 0.415. The van der Waals surface area contributed by atoms with Gasteiger partial charge in [0.15, 0.2) is 0 Å². The van der Waals surface area contributed by atoms with Crippen molar-refractivity contribution in [3.8, 4) is 0 Å². The van der Waals surface area contributed by atoms with E-state index in [4.69, 9.17) is 0 Å². The second-order valence-corrected chi connectivity index (χ2v) is 12.8. The van der Waals surface area contributed by atoms with Crippen LogP contribution in [0.4, 0.5) is 4.39 Å². The molecular formula is C41H57F. The van der Waals surface area contributed by atoms with Crippen molar-refractivity contribution < 1.29 is 4.39 Å². The lowest BCUT2D eigenvalue weighted by Crippen LogP contribution is -1.91. The van der Waals surface area contributed by atoms with Crippen LogP contribution in [0.2, 0.25) is 0 Å². The van der Waals surface area contributed by atoms with Gasteiger partial charge in [-0.05, 0) is 83.4 Å². The normalized spacial score (nSPS) is 10.6. The Balaban J connectivity index is 0.000000281. The highest BCUT2D eigenvalue weighted by Crippen LogP contribution is 2.20. The molecule has 228 valence electrons. The van der Waals surface area contributed by atoms with Crippen molar-refractivity contribution in [2.24, 2.45) is 0 Å². The van der Waals surface area contributed by atoms with Gasteiger partial charge in [0.25, 0.3) is 0 Å². The Morgan fingerprint density at radius 1 is 0.357 bits per heavy atom. The molecule has 0 aliphatic carbocycles. The summed E-state index contributed by atoms with van der Waals surface area (Å²) in [6, 6.07) is 32.9. The van der Waals surface area contributed by atoms with E-state index in [1.54, 1.807) is 12.1 Å². The van der Waals surface area contributed by atoms with Gasteiger partial charge in [-0.3, -0.25) is 0 Å². The molecule has 0 aliphatic heterocycles. The van der Waals surface area contributed by atoms with Crippen molar-refractivity contribution in [2.45, 2.75) is 113 Å². The molecular weight excluding hydrogens is 511 g/mol. The van der Waals surface area contributed by atoms with Crippen molar-refractivity contribution in [3.63, 3.8) is 0 Å². The van der Waals surface area contributed by atoms with Crippen LogP contribution in [0.1, 0.15) is 138 Å². The van der Waals surface area contributed by atoms with Gasteiger partial charge in [0.2, 0.25) is 0 Å². The fourth-order valence-corrected chi connectivity index (χ4v) is 4.20. The Morgan fingerprint density at radius 3 is 0.857 bits per heavy atom. The van der Waals surface area contributed by atoms with Gasteiger partial charge in [0, 0.05) is 0 Å². The first kappa shape index (κ1) is 36.8. The highest BCUT2D eigenvalue weighted by molar-refractivity contribution is 5.28. The molecule has 0 saturated carbocycles. The van der Waals surface area contributed by atoms with E-state index in [9.17, 15) is 4.39 Å². The molecule has 0 radical (unpaired) electrons. The lowest BCUT2D eigenvalue weighted by Gasteiger charge is -2.09. The Hall–Kier alpha value is -3.19. The topological polar surface area (TPSA) is 0 Å². The van der Waals surface area contributed by atoms with Crippen LogP contribution >= 0.6 is 0 Å². The molecule has 0 fully saturated rings. The number of aryl methyl sites for hydroxylation is 2. The van der Waals surface area contributed by atoms with E-state index in [2.05, 4.69) is 156 Å². The van der Waals surface area contributed by atoms with Gasteiger partial charge in [-0.25, -0.2) is 4.39 Å². The van der Waals surface area contributed by atoms with Crippen molar-refractivity contribution in [1.82, 2.24) is 0 Å². The summed E-state index contributed by atoms with van der Waals surface area (Å²) in [5.74, 6) is 2.86. The zero-order valence-electron chi connectivity index (χ0n) is 28.5. The van der Waals surface area contributed by atoms with Gasteiger partial charge in [-0.15, -0.1) is 0 Å². The standard InChI is InChI=1S/C12H18.2C10H14.C9H11F/c1-9(2)11-6-5-7-12(8-11)10(3)4;2*1-8(2)10-6-4-5-9(3)7-10;1-7(2)8-4-3-5-9(10)6-8/h5-10H,1-4H3;2*4-8H,1-3H3;3-7H,1-2H3. The maximum absolute atomic E-state index is 12.5. The largest absolute Gasteiger partial charge is 0.207 e. The van der Waals surface area contributed by atoms with Gasteiger partial charge in [-0.2, -0.15) is 0 Å². The monoisotopic (exact) mass is 568 g/mol. The summed E-state index contributed by atoms with van der Waals surface area (Å²) >= 11 is 0. The summed E-state index contributed by atoms with van der Waals surface area (Å²) in [5, 5.41) is 0. The van der Waals surface area contributed by atoms with E-state index in [0.29, 0.717) is 29.6 Å². The van der Waals surface area contributed by atoms with Crippen molar-refractivity contribution >= 4 is 0 Å². The molecule has 0 amide bonds. The summed E-state index contributed by atoms with van der Waals surface area (Å²) in [5.41, 5.74) is 9.51. The molecule has 0 bridgehead atoms. The van der Waals surface area contributed by atoms with Crippen LogP contribution in [0.25, 0.3) is 0 Å². The highest BCUT2D eigenvalue weighted by Gasteiger charge is 2.02. The van der Waals surface area contributed by atoms with Crippen LogP contribution in [-0.2, 0) is 0 Å². The first-order valence-corrected chi connectivity index (χ1v) is 15.7. The lowest BCUT2D eigenvalue weighted by atomic mass is 9.96. The minimum atomic E-state index is -0.147. The molecule has 4 aromatic carbocycles. The van der Waals surface area contributed by atoms with Crippen LogP contribution in [0, 0.1) is 19.7 Å². The number of hydrogen-bond acceptors (Lipinski definition) is 0. The molecule has 0 nitrogen and oxygen atoms in total. The summed E-state index contributed by atoms with van der Waals surface area (Å²) < 4.78 is 12.5. The molecule has 42 heavy (non-hydrogen) atoms. The quantitative estimate of drug-likeness (QED) is 0.225. The van der Waals surface area contributed by atoms with E-state index in [-0.39, 0.29) is 5.82 Å². The average Bonchev–Trinajstić information content (AvgIpc) is 2.94. The maximum Gasteiger partial charge on any atom is 0.123 e. The SMILES string of the molecule is CC(C)c1cccc(C(C)C)c1.CC(C)c1cccc(F)c1.Cc1cccc(C(C)C)c1.Cc1cccc(C(C)C)c1. The van der Waals surface area contributed by atoms with Crippen molar-refractivity contribution in [2.75, 3.05) is 0 Å².